The predicted octanol–water partition coefficient (Wildman–Crippen LogP) is 2.98. The van der Waals surface area contributed by atoms with Gasteiger partial charge in [-0.3, -0.25) is 4.79 Å². The zero-order valence-electron chi connectivity index (χ0n) is 10.2. The molecule has 1 aliphatic heterocycles. The third kappa shape index (κ3) is 2.44. The van der Waals surface area contributed by atoms with Crippen molar-refractivity contribution < 1.29 is 4.79 Å². The zero-order chi connectivity index (χ0) is 13.4. The minimum atomic E-state index is -0.131. The SMILES string of the molecule is O=C1CCCC2=C1[C@H](c1cccc(Br)c1)NC(=S)N2. The molecule has 1 heterocycles. The molecule has 0 bridgehead atoms. The van der Waals surface area contributed by atoms with Crippen molar-refractivity contribution in [3.8, 4) is 0 Å². The van der Waals surface area contributed by atoms with E-state index in [0.29, 0.717) is 11.5 Å². The Morgan fingerprint density at radius 1 is 1.32 bits per heavy atom. The van der Waals surface area contributed by atoms with Gasteiger partial charge in [-0.1, -0.05) is 28.1 Å². The van der Waals surface area contributed by atoms with Gasteiger partial charge in [0, 0.05) is 22.2 Å². The van der Waals surface area contributed by atoms with Crippen LogP contribution in [-0.2, 0) is 4.79 Å². The summed E-state index contributed by atoms with van der Waals surface area (Å²) >= 11 is 8.71. The van der Waals surface area contributed by atoms with E-state index in [-0.39, 0.29) is 11.8 Å². The lowest BCUT2D eigenvalue weighted by Gasteiger charge is -2.33. The number of ketones is 1. The molecule has 1 atom stereocenters. The summed E-state index contributed by atoms with van der Waals surface area (Å²) in [6.07, 6.45) is 2.42. The standard InChI is InChI=1S/C14H13BrN2OS/c15-9-4-1-3-8(7-9)13-12-10(16-14(19)17-13)5-2-6-11(12)18/h1,3-4,7,13H,2,5-6H2,(H2,16,17,19)/t13-/m0/s1. The van der Waals surface area contributed by atoms with Gasteiger partial charge in [0.15, 0.2) is 10.9 Å². The molecule has 3 rings (SSSR count). The number of allylic oxidation sites excluding steroid dienone is 1. The van der Waals surface area contributed by atoms with Gasteiger partial charge in [-0.2, -0.15) is 0 Å². The number of carbonyl (C=O) groups excluding carboxylic acids is 1. The fourth-order valence-electron chi connectivity index (χ4n) is 2.64. The molecule has 0 amide bonds. The third-order valence-corrected chi connectivity index (χ3v) is 4.18. The Hall–Kier alpha value is -1.20. The summed E-state index contributed by atoms with van der Waals surface area (Å²) in [6.45, 7) is 0. The van der Waals surface area contributed by atoms with Gasteiger partial charge in [-0.15, -0.1) is 0 Å². The number of hydrogen-bond donors (Lipinski definition) is 2. The van der Waals surface area contributed by atoms with Crippen LogP contribution in [0.5, 0.6) is 0 Å². The maximum atomic E-state index is 12.2. The molecule has 0 unspecified atom stereocenters. The first kappa shape index (κ1) is 12.8. The highest BCUT2D eigenvalue weighted by molar-refractivity contribution is 9.10. The highest BCUT2D eigenvalue weighted by Crippen LogP contribution is 2.34. The van der Waals surface area contributed by atoms with Gasteiger partial charge in [0.25, 0.3) is 0 Å². The maximum Gasteiger partial charge on any atom is 0.171 e. The van der Waals surface area contributed by atoms with E-state index in [1.54, 1.807) is 0 Å². The van der Waals surface area contributed by atoms with Crippen molar-refractivity contribution in [2.75, 3.05) is 0 Å². The molecule has 0 saturated carbocycles. The molecule has 5 heteroatoms. The lowest BCUT2D eigenvalue weighted by atomic mass is 9.85. The predicted molar refractivity (Wildman–Crippen MR) is 81.6 cm³/mol. The molecule has 0 spiro atoms. The minimum absolute atomic E-state index is 0.131. The van der Waals surface area contributed by atoms with Crippen molar-refractivity contribution in [3.05, 3.63) is 45.6 Å². The monoisotopic (exact) mass is 336 g/mol. The molecule has 98 valence electrons. The molecule has 1 aromatic rings. The average Bonchev–Trinajstić information content (AvgIpc) is 2.37. The Balaban J connectivity index is 2.08. The van der Waals surface area contributed by atoms with Crippen molar-refractivity contribution in [2.24, 2.45) is 0 Å². The van der Waals surface area contributed by atoms with Crippen LogP contribution in [0.3, 0.4) is 0 Å². The molecule has 2 N–H and O–H groups in total. The Labute approximate surface area is 125 Å². The van der Waals surface area contributed by atoms with Gasteiger partial charge >= 0.3 is 0 Å². The van der Waals surface area contributed by atoms with E-state index in [1.807, 2.05) is 24.3 Å². The van der Waals surface area contributed by atoms with E-state index in [4.69, 9.17) is 12.2 Å². The molecule has 2 aliphatic rings. The van der Waals surface area contributed by atoms with E-state index < -0.39 is 0 Å². The van der Waals surface area contributed by atoms with E-state index >= 15 is 0 Å². The summed E-state index contributed by atoms with van der Waals surface area (Å²) in [6, 6.07) is 7.86. The second-order valence-corrected chi connectivity index (χ2v) is 6.08. The Bertz CT molecular complexity index is 597. The molecule has 0 saturated heterocycles. The van der Waals surface area contributed by atoms with Gasteiger partial charge in [-0.25, -0.2) is 0 Å². The summed E-state index contributed by atoms with van der Waals surface area (Å²) in [7, 11) is 0. The van der Waals surface area contributed by atoms with Crippen molar-refractivity contribution >= 4 is 39.0 Å². The number of benzene rings is 1. The number of hydrogen-bond acceptors (Lipinski definition) is 2. The van der Waals surface area contributed by atoms with Gasteiger partial charge in [0.2, 0.25) is 0 Å². The van der Waals surface area contributed by atoms with E-state index in [2.05, 4.69) is 26.6 Å². The van der Waals surface area contributed by atoms with Gasteiger partial charge in [0.05, 0.1) is 6.04 Å². The molecule has 1 aliphatic carbocycles. The molecule has 3 nitrogen and oxygen atoms in total. The normalized spacial score (nSPS) is 22.7. The largest absolute Gasteiger partial charge is 0.351 e. The summed E-state index contributed by atoms with van der Waals surface area (Å²) in [5, 5.41) is 6.94. The van der Waals surface area contributed by atoms with Crippen LogP contribution in [0.15, 0.2) is 40.0 Å². The first-order valence-electron chi connectivity index (χ1n) is 6.24. The zero-order valence-corrected chi connectivity index (χ0v) is 12.6. The Kier molecular flexibility index (Phi) is 3.41. The summed E-state index contributed by atoms with van der Waals surface area (Å²) in [4.78, 5) is 12.2. The molecular formula is C14H13BrN2OS. The van der Waals surface area contributed by atoms with E-state index in [1.165, 1.54) is 0 Å². The maximum absolute atomic E-state index is 12.2. The fraction of sp³-hybridized carbons (Fsp3) is 0.286. The quantitative estimate of drug-likeness (QED) is 0.773. The number of thiocarbonyl (C=S) groups is 1. The van der Waals surface area contributed by atoms with E-state index in [0.717, 1.165) is 34.1 Å². The molecular weight excluding hydrogens is 324 g/mol. The lowest BCUT2D eigenvalue weighted by Crippen LogP contribution is -2.46. The van der Waals surface area contributed by atoms with Crippen LogP contribution in [0.2, 0.25) is 0 Å². The van der Waals surface area contributed by atoms with Crippen molar-refractivity contribution in [2.45, 2.75) is 25.3 Å². The van der Waals surface area contributed by atoms with Crippen molar-refractivity contribution in [1.82, 2.24) is 10.6 Å². The van der Waals surface area contributed by atoms with Crippen LogP contribution in [0.1, 0.15) is 30.9 Å². The number of halogens is 1. The molecule has 0 radical (unpaired) electrons. The van der Waals surface area contributed by atoms with Crippen LogP contribution in [0, 0.1) is 0 Å². The highest BCUT2D eigenvalue weighted by atomic mass is 79.9. The minimum Gasteiger partial charge on any atom is -0.351 e. The van der Waals surface area contributed by atoms with Crippen LogP contribution in [0.25, 0.3) is 0 Å². The van der Waals surface area contributed by atoms with Gasteiger partial charge in [-0.05, 0) is 42.8 Å². The Morgan fingerprint density at radius 2 is 2.16 bits per heavy atom. The first-order valence-corrected chi connectivity index (χ1v) is 7.44. The van der Waals surface area contributed by atoms with Gasteiger partial charge < -0.3 is 10.6 Å². The molecule has 0 aromatic heterocycles. The molecule has 0 fully saturated rings. The lowest BCUT2D eigenvalue weighted by molar-refractivity contribution is -0.116. The summed E-state index contributed by atoms with van der Waals surface area (Å²) < 4.78 is 1.00. The number of nitrogens with one attached hydrogen (secondary N) is 2. The Morgan fingerprint density at radius 3 is 2.95 bits per heavy atom. The second-order valence-electron chi connectivity index (χ2n) is 4.76. The second kappa shape index (κ2) is 5.06. The smallest absolute Gasteiger partial charge is 0.171 e. The van der Waals surface area contributed by atoms with Crippen molar-refractivity contribution in [1.29, 1.82) is 0 Å². The summed E-state index contributed by atoms with van der Waals surface area (Å²) in [5.41, 5.74) is 2.89. The number of rotatable bonds is 1. The van der Waals surface area contributed by atoms with Crippen molar-refractivity contribution in [3.63, 3.8) is 0 Å². The van der Waals surface area contributed by atoms with Gasteiger partial charge in [0.1, 0.15) is 0 Å². The average molecular weight is 337 g/mol. The van der Waals surface area contributed by atoms with Crippen LogP contribution in [0.4, 0.5) is 0 Å². The number of carbonyl (C=O) groups is 1. The topological polar surface area (TPSA) is 41.1 Å². The summed E-state index contributed by atoms with van der Waals surface area (Å²) in [5.74, 6) is 0.216. The van der Waals surface area contributed by atoms with Crippen LogP contribution < -0.4 is 10.6 Å². The van der Waals surface area contributed by atoms with E-state index in [9.17, 15) is 4.79 Å². The van der Waals surface area contributed by atoms with Crippen LogP contribution >= 0.6 is 28.1 Å². The number of Topliss-reactive ketones (excluding diaryl/α,β-unsaturated/α-hetero) is 1. The molecule has 1 aromatic carbocycles. The highest BCUT2D eigenvalue weighted by Gasteiger charge is 2.32. The van der Waals surface area contributed by atoms with Crippen LogP contribution in [-0.4, -0.2) is 10.9 Å². The third-order valence-electron chi connectivity index (χ3n) is 3.47. The fourth-order valence-corrected chi connectivity index (χ4v) is 3.30. The molecule has 19 heavy (non-hydrogen) atoms. The first-order chi connectivity index (χ1) is 9.15.